The molecular formula is C20H26ClN3O3. The van der Waals surface area contributed by atoms with Crippen LogP contribution < -0.4 is 24.8 Å². The molecule has 2 rings (SSSR count). The third kappa shape index (κ3) is 5.96. The van der Waals surface area contributed by atoms with Crippen molar-refractivity contribution in [2.75, 3.05) is 34.9 Å². The molecule has 0 aliphatic rings. The minimum Gasteiger partial charge on any atom is -0.493 e. The lowest BCUT2D eigenvalue weighted by Crippen LogP contribution is -2.37. The van der Waals surface area contributed by atoms with Crippen molar-refractivity contribution in [3.8, 4) is 17.2 Å². The molecule has 2 aromatic rings. The lowest BCUT2D eigenvalue weighted by atomic mass is 10.1. The van der Waals surface area contributed by atoms with Gasteiger partial charge in [0.2, 0.25) is 5.75 Å². The van der Waals surface area contributed by atoms with Crippen LogP contribution in [0.4, 0.5) is 0 Å². The zero-order valence-corrected chi connectivity index (χ0v) is 16.9. The fraction of sp³-hybridized carbons (Fsp3) is 0.350. The maximum absolute atomic E-state index is 6.02. The Hall–Kier alpha value is -2.60. The number of benzene rings is 2. The minimum absolute atomic E-state index is 0.563. The number of methoxy groups -OCH3 is 3. The molecule has 0 fully saturated rings. The average Bonchev–Trinajstić information content (AvgIpc) is 2.69. The molecule has 7 heteroatoms. The second-order valence-corrected chi connectivity index (χ2v) is 6.20. The molecule has 0 spiro atoms. The van der Waals surface area contributed by atoms with Crippen LogP contribution in [0.3, 0.4) is 0 Å². The number of hydrogen-bond donors (Lipinski definition) is 2. The summed E-state index contributed by atoms with van der Waals surface area (Å²) < 4.78 is 16.1. The molecule has 0 heterocycles. The molecule has 2 N–H and O–H groups in total. The first-order chi connectivity index (χ1) is 13.1. The summed E-state index contributed by atoms with van der Waals surface area (Å²) in [5.41, 5.74) is 2.16. The van der Waals surface area contributed by atoms with E-state index in [2.05, 4.69) is 21.7 Å². The maximum atomic E-state index is 6.02. The van der Waals surface area contributed by atoms with Gasteiger partial charge >= 0.3 is 0 Å². The van der Waals surface area contributed by atoms with Gasteiger partial charge in [-0.3, -0.25) is 4.99 Å². The highest BCUT2D eigenvalue weighted by Gasteiger charge is 2.13. The van der Waals surface area contributed by atoms with Crippen LogP contribution in [0.2, 0.25) is 5.02 Å². The van der Waals surface area contributed by atoms with Gasteiger partial charge in [0.15, 0.2) is 17.5 Å². The van der Waals surface area contributed by atoms with Crippen LogP contribution in [0.5, 0.6) is 17.2 Å². The first-order valence-corrected chi connectivity index (χ1v) is 8.97. The Bertz CT molecular complexity index is 756. The lowest BCUT2D eigenvalue weighted by molar-refractivity contribution is 0.323. The molecular weight excluding hydrogens is 366 g/mol. The van der Waals surface area contributed by atoms with Gasteiger partial charge in [0.25, 0.3) is 0 Å². The van der Waals surface area contributed by atoms with E-state index in [-0.39, 0.29) is 0 Å². The van der Waals surface area contributed by atoms with Crippen molar-refractivity contribution in [3.63, 3.8) is 0 Å². The van der Waals surface area contributed by atoms with Gasteiger partial charge in [0.05, 0.1) is 21.3 Å². The Labute approximate surface area is 165 Å². The zero-order valence-electron chi connectivity index (χ0n) is 16.1. The quantitative estimate of drug-likeness (QED) is 0.534. The third-order valence-corrected chi connectivity index (χ3v) is 4.24. The number of hydrogen-bond acceptors (Lipinski definition) is 4. The number of nitrogens with zero attached hydrogens (tertiary/aromatic N) is 1. The molecule has 6 nitrogen and oxygen atoms in total. The highest BCUT2D eigenvalue weighted by molar-refractivity contribution is 6.30. The molecule has 0 bridgehead atoms. The molecule has 0 radical (unpaired) electrons. The highest BCUT2D eigenvalue weighted by Crippen LogP contribution is 2.38. The van der Waals surface area contributed by atoms with Crippen molar-refractivity contribution in [3.05, 3.63) is 52.5 Å². The Kier molecular flexibility index (Phi) is 8.07. The van der Waals surface area contributed by atoms with E-state index in [9.17, 15) is 0 Å². The fourth-order valence-corrected chi connectivity index (χ4v) is 2.87. The van der Waals surface area contributed by atoms with Crippen LogP contribution in [0.25, 0.3) is 0 Å². The zero-order chi connectivity index (χ0) is 19.6. The molecule has 0 unspecified atom stereocenters. The van der Waals surface area contributed by atoms with Crippen LogP contribution in [-0.4, -0.2) is 40.9 Å². The molecule has 27 heavy (non-hydrogen) atoms. The summed E-state index contributed by atoms with van der Waals surface area (Å²) in [7, 11) is 6.53. The summed E-state index contributed by atoms with van der Waals surface area (Å²) in [4.78, 5) is 4.25. The van der Waals surface area contributed by atoms with Gasteiger partial charge in [-0.15, -0.1) is 0 Å². The summed E-state index contributed by atoms with van der Waals surface area (Å²) in [6.45, 7) is 1.31. The van der Waals surface area contributed by atoms with Crippen LogP contribution in [-0.2, 0) is 13.0 Å². The predicted molar refractivity (Wildman–Crippen MR) is 109 cm³/mol. The summed E-state index contributed by atoms with van der Waals surface area (Å²) in [6, 6.07) is 11.7. The van der Waals surface area contributed by atoms with Crippen molar-refractivity contribution in [1.29, 1.82) is 0 Å². The summed E-state index contributed by atoms with van der Waals surface area (Å²) in [5.74, 6) is 2.54. The van der Waals surface area contributed by atoms with E-state index in [4.69, 9.17) is 25.8 Å². The molecule has 146 valence electrons. The SMILES string of the molecule is CN=C(NCCc1cccc(Cl)c1)NCc1cc(OC)c(OC)c(OC)c1. The molecule has 0 amide bonds. The van der Waals surface area contributed by atoms with E-state index in [1.165, 1.54) is 5.56 Å². The van der Waals surface area contributed by atoms with Gasteiger partial charge in [-0.1, -0.05) is 23.7 Å². The number of rotatable bonds is 8. The smallest absolute Gasteiger partial charge is 0.203 e. The third-order valence-electron chi connectivity index (χ3n) is 4.00. The van der Waals surface area contributed by atoms with E-state index >= 15 is 0 Å². The van der Waals surface area contributed by atoms with Crippen molar-refractivity contribution < 1.29 is 14.2 Å². The van der Waals surface area contributed by atoms with E-state index in [1.54, 1.807) is 28.4 Å². The Morgan fingerprint density at radius 3 is 2.22 bits per heavy atom. The van der Waals surface area contributed by atoms with Crippen LogP contribution in [0, 0.1) is 0 Å². The van der Waals surface area contributed by atoms with Crippen LogP contribution in [0.1, 0.15) is 11.1 Å². The highest BCUT2D eigenvalue weighted by atomic mass is 35.5. The lowest BCUT2D eigenvalue weighted by Gasteiger charge is -2.16. The minimum atomic E-state index is 0.563. The van der Waals surface area contributed by atoms with Gasteiger partial charge in [0, 0.05) is 25.2 Å². The standard InChI is InChI=1S/C20H26ClN3O3/c1-22-20(23-9-8-14-6-5-7-16(21)10-14)24-13-15-11-17(25-2)19(27-4)18(12-15)26-3/h5-7,10-12H,8-9,13H2,1-4H3,(H2,22,23,24). The molecule has 2 aromatic carbocycles. The molecule has 0 aliphatic carbocycles. The van der Waals surface area contributed by atoms with Gasteiger partial charge in [-0.05, 0) is 41.8 Å². The maximum Gasteiger partial charge on any atom is 0.203 e. The average molecular weight is 392 g/mol. The topological polar surface area (TPSA) is 64.1 Å². The van der Waals surface area contributed by atoms with E-state index < -0.39 is 0 Å². The number of guanidine groups is 1. The van der Waals surface area contributed by atoms with E-state index in [0.29, 0.717) is 29.8 Å². The second kappa shape index (κ2) is 10.5. The Morgan fingerprint density at radius 2 is 1.67 bits per heavy atom. The number of aliphatic imine (C=N–C) groups is 1. The first-order valence-electron chi connectivity index (χ1n) is 8.59. The van der Waals surface area contributed by atoms with Gasteiger partial charge < -0.3 is 24.8 Å². The molecule has 0 saturated heterocycles. The fourth-order valence-electron chi connectivity index (χ4n) is 2.66. The number of ether oxygens (including phenoxy) is 3. The van der Waals surface area contributed by atoms with Crippen molar-refractivity contribution in [1.82, 2.24) is 10.6 Å². The van der Waals surface area contributed by atoms with E-state index in [0.717, 1.165) is 23.6 Å². The summed E-state index contributed by atoms with van der Waals surface area (Å²) in [5, 5.41) is 7.33. The van der Waals surface area contributed by atoms with Crippen LogP contribution in [0.15, 0.2) is 41.4 Å². The van der Waals surface area contributed by atoms with Crippen molar-refractivity contribution in [2.45, 2.75) is 13.0 Å². The largest absolute Gasteiger partial charge is 0.493 e. The van der Waals surface area contributed by atoms with Gasteiger partial charge in [-0.2, -0.15) is 0 Å². The number of halogens is 1. The number of nitrogens with one attached hydrogen (secondary N) is 2. The molecule has 0 aliphatic heterocycles. The van der Waals surface area contributed by atoms with Gasteiger partial charge in [-0.25, -0.2) is 0 Å². The molecule has 0 aromatic heterocycles. The van der Waals surface area contributed by atoms with Gasteiger partial charge in [0.1, 0.15) is 0 Å². The first kappa shape index (κ1) is 20.7. The van der Waals surface area contributed by atoms with Crippen molar-refractivity contribution >= 4 is 17.6 Å². The normalized spacial score (nSPS) is 11.1. The van der Waals surface area contributed by atoms with E-state index in [1.807, 2.05) is 30.3 Å². The molecule has 0 atom stereocenters. The monoisotopic (exact) mass is 391 g/mol. The summed E-state index contributed by atoms with van der Waals surface area (Å²) in [6.07, 6.45) is 0.853. The van der Waals surface area contributed by atoms with Crippen LogP contribution >= 0.6 is 11.6 Å². The molecule has 0 saturated carbocycles. The second-order valence-electron chi connectivity index (χ2n) is 5.77. The van der Waals surface area contributed by atoms with Crippen molar-refractivity contribution in [2.24, 2.45) is 4.99 Å². The Balaban J connectivity index is 1.93. The summed E-state index contributed by atoms with van der Waals surface area (Å²) >= 11 is 6.02. The Morgan fingerprint density at radius 1 is 0.963 bits per heavy atom. The predicted octanol–water partition coefficient (Wildman–Crippen LogP) is 3.27.